The van der Waals surface area contributed by atoms with E-state index in [1.54, 1.807) is 11.9 Å². The molecule has 2 rings (SSSR count). The van der Waals surface area contributed by atoms with Crippen LogP contribution in [0.1, 0.15) is 17.9 Å². The van der Waals surface area contributed by atoms with E-state index < -0.39 is 11.6 Å². The highest BCUT2D eigenvalue weighted by molar-refractivity contribution is 5.85. The maximum Gasteiger partial charge on any atom is 0.226 e. The van der Waals surface area contributed by atoms with E-state index in [1.807, 2.05) is 7.05 Å². The molecule has 112 valence electrons. The average Bonchev–Trinajstić information content (AvgIpc) is 3.18. The van der Waals surface area contributed by atoms with Gasteiger partial charge in [0.25, 0.3) is 0 Å². The van der Waals surface area contributed by atoms with Crippen LogP contribution in [0.25, 0.3) is 0 Å². The molecule has 1 aliphatic carbocycles. The fourth-order valence-electron chi connectivity index (χ4n) is 2.28. The minimum absolute atomic E-state index is 0. The van der Waals surface area contributed by atoms with Crippen molar-refractivity contribution >= 4 is 18.3 Å². The fourth-order valence-corrected chi connectivity index (χ4v) is 2.28. The number of nitrogens with one attached hydrogen (secondary N) is 1. The maximum atomic E-state index is 13.6. The molecular formula is C14H19ClF2N2O. The number of halogens is 3. The minimum Gasteiger partial charge on any atom is -0.344 e. The normalized spacial score (nSPS) is 20.2. The predicted molar refractivity (Wildman–Crippen MR) is 76.0 cm³/mol. The highest BCUT2D eigenvalue weighted by atomic mass is 35.5. The molecule has 0 aromatic heterocycles. The molecule has 3 nitrogen and oxygen atoms in total. The summed E-state index contributed by atoms with van der Waals surface area (Å²) < 4.78 is 26.7. The first-order valence-electron chi connectivity index (χ1n) is 6.39. The number of rotatable bonds is 5. The molecule has 2 atom stereocenters. The third-order valence-corrected chi connectivity index (χ3v) is 3.54. The van der Waals surface area contributed by atoms with Crippen molar-refractivity contribution in [3.05, 3.63) is 35.4 Å². The molecule has 2 unspecified atom stereocenters. The van der Waals surface area contributed by atoms with Crippen molar-refractivity contribution in [3.8, 4) is 0 Å². The largest absolute Gasteiger partial charge is 0.344 e. The minimum atomic E-state index is -0.460. The molecule has 0 saturated heterocycles. The number of nitrogens with zero attached hydrogens (tertiary/aromatic N) is 1. The lowest BCUT2D eigenvalue weighted by atomic mass is 10.1. The SMILES string of the molecule is CNCCN(C)C(=O)C1CC1c1cc(F)ccc1F.Cl. The topological polar surface area (TPSA) is 32.3 Å². The van der Waals surface area contributed by atoms with Gasteiger partial charge in [0.05, 0.1) is 0 Å². The van der Waals surface area contributed by atoms with Crippen molar-refractivity contribution in [2.45, 2.75) is 12.3 Å². The lowest BCUT2D eigenvalue weighted by Crippen LogP contribution is -2.34. The zero-order valence-electron chi connectivity index (χ0n) is 11.5. The van der Waals surface area contributed by atoms with Crippen LogP contribution in [-0.4, -0.2) is 38.0 Å². The second-order valence-corrected chi connectivity index (χ2v) is 4.98. The highest BCUT2D eigenvalue weighted by Gasteiger charge is 2.46. The summed E-state index contributed by atoms with van der Waals surface area (Å²) in [5, 5.41) is 2.97. The van der Waals surface area contributed by atoms with Gasteiger partial charge in [0.2, 0.25) is 5.91 Å². The van der Waals surface area contributed by atoms with Crippen molar-refractivity contribution < 1.29 is 13.6 Å². The Morgan fingerprint density at radius 3 is 2.80 bits per heavy atom. The van der Waals surface area contributed by atoms with Gasteiger partial charge in [-0.25, -0.2) is 8.78 Å². The Balaban J connectivity index is 0.00000200. The second kappa shape index (κ2) is 6.99. The van der Waals surface area contributed by atoms with Crippen molar-refractivity contribution in [1.82, 2.24) is 10.2 Å². The molecule has 1 fully saturated rings. The highest BCUT2D eigenvalue weighted by Crippen LogP contribution is 2.49. The van der Waals surface area contributed by atoms with Crippen LogP contribution in [-0.2, 0) is 4.79 Å². The van der Waals surface area contributed by atoms with Crippen LogP contribution in [0.3, 0.4) is 0 Å². The van der Waals surface area contributed by atoms with Crippen molar-refractivity contribution in [2.24, 2.45) is 5.92 Å². The Morgan fingerprint density at radius 1 is 1.45 bits per heavy atom. The van der Waals surface area contributed by atoms with Crippen molar-refractivity contribution in [2.75, 3.05) is 27.2 Å². The van der Waals surface area contributed by atoms with E-state index in [4.69, 9.17) is 0 Å². The number of likely N-dealkylation sites (N-methyl/N-ethyl adjacent to an activating group) is 2. The summed E-state index contributed by atoms with van der Waals surface area (Å²) in [6.45, 7) is 1.33. The fraction of sp³-hybridized carbons (Fsp3) is 0.500. The summed E-state index contributed by atoms with van der Waals surface area (Å²) >= 11 is 0. The van der Waals surface area contributed by atoms with Gasteiger partial charge in [-0.15, -0.1) is 12.4 Å². The number of amides is 1. The summed E-state index contributed by atoms with van der Waals surface area (Å²) in [6.07, 6.45) is 0.600. The zero-order chi connectivity index (χ0) is 14.0. The van der Waals surface area contributed by atoms with E-state index in [9.17, 15) is 13.6 Å². The third kappa shape index (κ3) is 3.67. The molecule has 1 amide bonds. The molecule has 1 aromatic rings. The molecule has 1 N–H and O–H groups in total. The van der Waals surface area contributed by atoms with Crippen LogP contribution < -0.4 is 5.32 Å². The lowest BCUT2D eigenvalue weighted by Gasteiger charge is -2.17. The van der Waals surface area contributed by atoms with Crippen LogP contribution in [0.5, 0.6) is 0 Å². The van der Waals surface area contributed by atoms with Gasteiger partial charge in [-0.1, -0.05) is 0 Å². The molecule has 0 radical (unpaired) electrons. The van der Waals surface area contributed by atoms with Gasteiger partial charge in [-0.3, -0.25) is 4.79 Å². The quantitative estimate of drug-likeness (QED) is 0.904. The predicted octanol–water partition coefficient (Wildman–Crippen LogP) is 2.17. The molecule has 1 saturated carbocycles. The molecule has 0 spiro atoms. The van der Waals surface area contributed by atoms with Crippen LogP contribution in [0, 0.1) is 17.6 Å². The van der Waals surface area contributed by atoms with E-state index in [-0.39, 0.29) is 30.2 Å². The molecule has 20 heavy (non-hydrogen) atoms. The number of hydrogen-bond acceptors (Lipinski definition) is 2. The summed E-state index contributed by atoms with van der Waals surface area (Å²) in [4.78, 5) is 13.7. The summed E-state index contributed by atoms with van der Waals surface area (Å²) in [6, 6.07) is 3.41. The molecule has 0 aliphatic heterocycles. The molecule has 0 bridgehead atoms. The van der Waals surface area contributed by atoms with Gasteiger partial charge in [-0.05, 0) is 43.1 Å². The molecule has 1 aliphatic rings. The van der Waals surface area contributed by atoms with Gasteiger partial charge >= 0.3 is 0 Å². The number of hydrogen-bond donors (Lipinski definition) is 1. The molecular weight excluding hydrogens is 286 g/mol. The zero-order valence-corrected chi connectivity index (χ0v) is 12.3. The van der Waals surface area contributed by atoms with Gasteiger partial charge in [0.15, 0.2) is 0 Å². The lowest BCUT2D eigenvalue weighted by molar-refractivity contribution is -0.131. The Morgan fingerprint density at radius 2 is 2.15 bits per heavy atom. The summed E-state index contributed by atoms with van der Waals surface area (Å²) in [7, 11) is 3.55. The van der Waals surface area contributed by atoms with Gasteiger partial charge in [-0.2, -0.15) is 0 Å². The maximum absolute atomic E-state index is 13.6. The first-order chi connectivity index (χ1) is 9.04. The van der Waals surface area contributed by atoms with Crippen molar-refractivity contribution in [1.29, 1.82) is 0 Å². The van der Waals surface area contributed by atoms with Crippen LogP contribution in [0.15, 0.2) is 18.2 Å². The number of benzene rings is 1. The van der Waals surface area contributed by atoms with Gasteiger partial charge in [0.1, 0.15) is 11.6 Å². The first-order valence-corrected chi connectivity index (χ1v) is 6.39. The van der Waals surface area contributed by atoms with Crippen LogP contribution in [0.4, 0.5) is 8.78 Å². The first kappa shape index (κ1) is 16.9. The van der Waals surface area contributed by atoms with E-state index >= 15 is 0 Å². The van der Waals surface area contributed by atoms with Gasteiger partial charge in [0, 0.05) is 26.1 Å². The standard InChI is InChI=1S/C14H18F2N2O.ClH/c1-17-5-6-18(2)14(19)12-8-10(12)11-7-9(15)3-4-13(11)16;/h3-4,7,10,12,17H,5-6,8H2,1-2H3;1H. The molecule has 0 heterocycles. The van der Waals surface area contributed by atoms with Crippen LogP contribution in [0.2, 0.25) is 0 Å². The Kier molecular flexibility index (Phi) is 5.89. The number of carbonyl (C=O) groups excluding carboxylic acids is 1. The smallest absolute Gasteiger partial charge is 0.226 e. The van der Waals surface area contributed by atoms with Gasteiger partial charge < -0.3 is 10.2 Å². The average molecular weight is 305 g/mol. The number of carbonyl (C=O) groups is 1. The summed E-state index contributed by atoms with van der Waals surface area (Å²) in [5.74, 6) is -1.28. The van der Waals surface area contributed by atoms with E-state index in [0.717, 1.165) is 12.1 Å². The second-order valence-electron chi connectivity index (χ2n) is 4.98. The Bertz CT molecular complexity index is 484. The van der Waals surface area contributed by atoms with E-state index in [2.05, 4.69) is 5.32 Å². The molecule has 6 heteroatoms. The van der Waals surface area contributed by atoms with E-state index in [1.165, 1.54) is 6.07 Å². The third-order valence-electron chi connectivity index (χ3n) is 3.54. The molecule has 1 aromatic carbocycles. The monoisotopic (exact) mass is 304 g/mol. The van der Waals surface area contributed by atoms with E-state index in [0.29, 0.717) is 25.1 Å². The summed E-state index contributed by atoms with van der Waals surface area (Å²) in [5.41, 5.74) is 0.320. The Hall–Kier alpha value is -1.20. The Labute approximate surface area is 123 Å². The van der Waals surface area contributed by atoms with Crippen molar-refractivity contribution in [3.63, 3.8) is 0 Å². The van der Waals surface area contributed by atoms with Crippen LogP contribution >= 0.6 is 12.4 Å².